The molecule has 1 saturated carbocycles. The van der Waals surface area contributed by atoms with Gasteiger partial charge in [0.2, 0.25) is 10.0 Å². The van der Waals surface area contributed by atoms with Crippen LogP contribution < -0.4 is 0 Å². The van der Waals surface area contributed by atoms with E-state index in [1.807, 2.05) is 6.92 Å². The van der Waals surface area contributed by atoms with Gasteiger partial charge in [-0.05, 0) is 58.8 Å². The first-order valence-electron chi connectivity index (χ1n) is 7.07. The van der Waals surface area contributed by atoms with E-state index in [1.54, 1.807) is 25.1 Å². The molecule has 4 heteroatoms. The lowest BCUT2D eigenvalue weighted by Gasteiger charge is -2.35. The van der Waals surface area contributed by atoms with Gasteiger partial charge < -0.3 is 0 Å². The number of hydrogen-bond acceptors (Lipinski definition) is 2. The third-order valence-corrected chi connectivity index (χ3v) is 6.20. The standard InChI is InChI=1S/C14H29NO2S/c1-11(2)9-12(3)15(10-13-7-8-13)18(16,17)14(4,5)6/h11-13H,7-10H2,1-6H3/t12-/m0/s1. The summed E-state index contributed by atoms with van der Waals surface area (Å²) in [6.07, 6.45) is 3.30. The quantitative estimate of drug-likeness (QED) is 0.746. The fourth-order valence-electron chi connectivity index (χ4n) is 2.22. The minimum absolute atomic E-state index is 0.106. The van der Waals surface area contributed by atoms with Crippen LogP contribution in [0.1, 0.15) is 60.8 Å². The van der Waals surface area contributed by atoms with Crippen LogP contribution >= 0.6 is 0 Å². The van der Waals surface area contributed by atoms with Crippen LogP contribution in [0, 0.1) is 11.8 Å². The van der Waals surface area contributed by atoms with E-state index < -0.39 is 14.8 Å². The fraction of sp³-hybridized carbons (Fsp3) is 1.00. The number of sulfonamides is 1. The molecule has 1 rings (SSSR count). The molecule has 0 heterocycles. The van der Waals surface area contributed by atoms with E-state index in [-0.39, 0.29) is 6.04 Å². The normalized spacial score (nSPS) is 19.6. The van der Waals surface area contributed by atoms with Gasteiger partial charge in [0.25, 0.3) is 0 Å². The van der Waals surface area contributed by atoms with Crippen molar-refractivity contribution in [2.45, 2.75) is 71.6 Å². The Labute approximate surface area is 113 Å². The van der Waals surface area contributed by atoms with Crippen molar-refractivity contribution < 1.29 is 8.42 Å². The van der Waals surface area contributed by atoms with Crippen molar-refractivity contribution in [1.82, 2.24) is 4.31 Å². The molecule has 1 aliphatic rings. The lowest BCUT2D eigenvalue weighted by molar-refractivity contribution is 0.281. The number of nitrogens with zero attached hydrogens (tertiary/aromatic N) is 1. The lowest BCUT2D eigenvalue weighted by Crippen LogP contribution is -2.48. The van der Waals surface area contributed by atoms with Crippen molar-refractivity contribution in [3.63, 3.8) is 0 Å². The van der Waals surface area contributed by atoms with Gasteiger partial charge >= 0.3 is 0 Å². The summed E-state index contributed by atoms with van der Waals surface area (Å²) in [6, 6.07) is 0.106. The smallest absolute Gasteiger partial charge is 0.212 e. The molecule has 18 heavy (non-hydrogen) atoms. The van der Waals surface area contributed by atoms with Crippen LogP contribution in [0.15, 0.2) is 0 Å². The van der Waals surface area contributed by atoms with Gasteiger partial charge in [-0.15, -0.1) is 0 Å². The van der Waals surface area contributed by atoms with Crippen LogP contribution in [0.4, 0.5) is 0 Å². The van der Waals surface area contributed by atoms with Gasteiger partial charge in [-0.3, -0.25) is 0 Å². The second-order valence-electron chi connectivity index (χ2n) is 7.11. The molecule has 0 bridgehead atoms. The zero-order chi connectivity index (χ0) is 14.1. The first-order chi connectivity index (χ1) is 8.05. The molecule has 0 spiro atoms. The Morgan fingerprint density at radius 1 is 1.17 bits per heavy atom. The molecule has 3 nitrogen and oxygen atoms in total. The van der Waals surface area contributed by atoms with Crippen LogP contribution in [0.3, 0.4) is 0 Å². The van der Waals surface area contributed by atoms with Gasteiger partial charge in [0.05, 0.1) is 4.75 Å². The molecule has 0 saturated heterocycles. The molecule has 0 aromatic heterocycles. The van der Waals surface area contributed by atoms with E-state index in [0.717, 1.165) is 6.42 Å². The molecule has 0 N–H and O–H groups in total. The Kier molecular flexibility index (Phi) is 4.87. The maximum atomic E-state index is 12.7. The Balaban J connectivity index is 2.89. The first-order valence-corrected chi connectivity index (χ1v) is 8.51. The van der Waals surface area contributed by atoms with Crippen molar-refractivity contribution in [3.05, 3.63) is 0 Å². The summed E-state index contributed by atoms with van der Waals surface area (Å²) in [4.78, 5) is 0. The third kappa shape index (κ3) is 3.95. The summed E-state index contributed by atoms with van der Waals surface area (Å²) < 4.78 is 26.4. The second kappa shape index (κ2) is 5.49. The topological polar surface area (TPSA) is 37.4 Å². The van der Waals surface area contributed by atoms with Gasteiger partial charge in [0, 0.05) is 12.6 Å². The molecule has 108 valence electrons. The average Bonchev–Trinajstić information content (AvgIpc) is 2.93. The highest BCUT2D eigenvalue weighted by Gasteiger charge is 2.40. The Bertz CT molecular complexity index is 364. The van der Waals surface area contributed by atoms with E-state index in [4.69, 9.17) is 0 Å². The molecule has 1 aliphatic carbocycles. The summed E-state index contributed by atoms with van der Waals surface area (Å²) >= 11 is 0. The highest BCUT2D eigenvalue weighted by atomic mass is 32.2. The first kappa shape index (κ1) is 16.0. The van der Waals surface area contributed by atoms with E-state index in [0.29, 0.717) is 18.4 Å². The SMILES string of the molecule is CC(C)C[C@H](C)N(CC1CC1)S(=O)(=O)C(C)(C)C. The van der Waals surface area contributed by atoms with Crippen LogP contribution in [-0.2, 0) is 10.0 Å². The highest BCUT2D eigenvalue weighted by molar-refractivity contribution is 7.90. The molecule has 1 atom stereocenters. The summed E-state index contributed by atoms with van der Waals surface area (Å²) in [5, 5.41) is 0. The molecular formula is C14H29NO2S. The van der Waals surface area contributed by atoms with Crippen molar-refractivity contribution in [2.24, 2.45) is 11.8 Å². The molecule has 0 aromatic rings. The lowest BCUT2D eigenvalue weighted by atomic mass is 10.1. The van der Waals surface area contributed by atoms with Crippen molar-refractivity contribution >= 4 is 10.0 Å². The van der Waals surface area contributed by atoms with Crippen molar-refractivity contribution in [1.29, 1.82) is 0 Å². The third-order valence-electron chi connectivity index (χ3n) is 3.52. The Hall–Kier alpha value is -0.0900. The zero-order valence-electron chi connectivity index (χ0n) is 12.7. The minimum Gasteiger partial charge on any atom is -0.212 e. The molecule has 0 radical (unpaired) electrons. The average molecular weight is 275 g/mol. The van der Waals surface area contributed by atoms with E-state index >= 15 is 0 Å². The summed E-state index contributed by atoms with van der Waals surface area (Å²) in [5.41, 5.74) is 0. The number of hydrogen-bond donors (Lipinski definition) is 0. The van der Waals surface area contributed by atoms with E-state index in [9.17, 15) is 8.42 Å². The molecular weight excluding hydrogens is 246 g/mol. The van der Waals surface area contributed by atoms with Gasteiger partial charge in [-0.2, -0.15) is 4.31 Å². The van der Waals surface area contributed by atoms with Crippen LogP contribution in [0.2, 0.25) is 0 Å². The Morgan fingerprint density at radius 2 is 1.67 bits per heavy atom. The largest absolute Gasteiger partial charge is 0.219 e. The molecule has 0 aromatic carbocycles. The predicted octanol–water partition coefficient (Wildman–Crippen LogP) is 3.26. The zero-order valence-corrected chi connectivity index (χ0v) is 13.5. The molecule has 0 aliphatic heterocycles. The molecule has 1 fully saturated rings. The predicted molar refractivity (Wildman–Crippen MR) is 77.0 cm³/mol. The van der Waals surface area contributed by atoms with Crippen LogP contribution in [-0.4, -0.2) is 30.1 Å². The summed E-state index contributed by atoms with van der Waals surface area (Å²) in [6.45, 7) is 12.4. The van der Waals surface area contributed by atoms with Gasteiger partial charge in [-0.25, -0.2) is 8.42 Å². The molecule has 0 amide bonds. The van der Waals surface area contributed by atoms with Crippen LogP contribution in [0.5, 0.6) is 0 Å². The second-order valence-corrected chi connectivity index (χ2v) is 9.75. The van der Waals surface area contributed by atoms with Crippen molar-refractivity contribution in [2.75, 3.05) is 6.54 Å². The highest BCUT2D eigenvalue weighted by Crippen LogP contribution is 2.34. The number of rotatable bonds is 6. The van der Waals surface area contributed by atoms with Gasteiger partial charge in [0.15, 0.2) is 0 Å². The van der Waals surface area contributed by atoms with E-state index in [2.05, 4.69) is 13.8 Å². The van der Waals surface area contributed by atoms with Gasteiger partial charge in [-0.1, -0.05) is 13.8 Å². The molecule has 0 unspecified atom stereocenters. The summed E-state index contributed by atoms with van der Waals surface area (Å²) in [5.74, 6) is 1.12. The summed E-state index contributed by atoms with van der Waals surface area (Å²) in [7, 11) is -3.21. The monoisotopic (exact) mass is 275 g/mol. The van der Waals surface area contributed by atoms with Gasteiger partial charge in [0.1, 0.15) is 0 Å². The maximum Gasteiger partial charge on any atom is 0.219 e. The maximum absolute atomic E-state index is 12.7. The Morgan fingerprint density at radius 3 is 2.00 bits per heavy atom. The fourth-order valence-corrected chi connectivity index (χ4v) is 3.89. The van der Waals surface area contributed by atoms with Crippen molar-refractivity contribution in [3.8, 4) is 0 Å². The van der Waals surface area contributed by atoms with E-state index in [1.165, 1.54) is 12.8 Å². The van der Waals surface area contributed by atoms with Crippen LogP contribution in [0.25, 0.3) is 0 Å². The minimum atomic E-state index is -3.21.